The highest BCUT2D eigenvalue weighted by Gasteiger charge is 1.99. The van der Waals surface area contributed by atoms with Crippen LogP contribution >= 0.6 is 0 Å². The van der Waals surface area contributed by atoms with Gasteiger partial charge in [-0.25, -0.2) is 0 Å². The van der Waals surface area contributed by atoms with Crippen LogP contribution in [0.5, 0.6) is 5.75 Å². The van der Waals surface area contributed by atoms with Gasteiger partial charge in [0.1, 0.15) is 12.0 Å². The van der Waals surface area contributed by atoms with Gasteiger partial charge in [-0.1, -0.05) is 42.5 Å². The summed E-state index contributed by atoms with van der Waals surface area (Å²) in [7, 11) is 0. The molecule has 2 nitrogen and oxygen atoms in total. The molecule has 2 aromatic carbocycles. The highest BCUT2D eigenvalue weighted by atomic mass is 16.5. The van der Waals surface area contributed by atoms with Crippen molar-refractivity contribution in [2.45, 2.75) is 13.2 Å². The first-order chi connectivity index (χ1) is 7.75. The molecule has 0 heterocycles. The predicted molar refractivity (Wildman–Crippen MR) is 66.2 cm³/mol. The molecule has 0 spiro atoms. The molecule has 0 radical (unpaired) electrons. The lowest BCUT2D eigenvalue weighted by molar-refractivity contribution is 0.230. The zero-order valence-electron chi connectivity index (χ0n) is 9.26. The molecule has 0 aliphatic carbocycles. The first kappa shape index (κ1) is 10.7. The second-order valence-electron chi connectivity index (χ2n) is 3.71. The smallest absolute Gasteiger partial charge is 0.144 e. The Labute approximate surface area is 95.7 Å². The van der Waals surface area contributed by atoms with Crippen LogP contribution in [0, 0.1) is 0 Å². The molecule has 2 heteroatoms. The number of rotatable bonds is 3. The van der Waals surface area contributed by atoms with Crippen LogP contribution in [-0.2, 0) is 0 Å². The van der Waals surface area contributed by atoms with Crippen molar-refractivity contribution in [1.29, 1.82) is 0 Å². The van der Waals surface area contributed by atoms with Crippen LogP contribution in [0.15, 0.2) is 54.6 Å². The van der Waals surface area contributed by atoms with Crippen molar-refractivity contribution in [3.63, 3.8) is 0 Å². The first-order valence-corrected chi connectivity index (χ1v) is 5.33. The number of hydrogen-bond acceptors (Lipinski definition) is 2. The molecule has 2 rings (SSSR count). The second kappa shape index (κ2) is 4.81. The van der Waals surface area contributed by atoms with Crippen LogP contribution in [0.3, 0.4) is 0 Å². The Morgan fingerprint density at radius 3 is 2.00 bits per heavy atom. The minimum Gasteiger partial charge on any atom is -0.476 e. The Morgan fingerprint density at radius 1 is 0.875 bits per heavy atom. The van der Waals surface area contributed by atoms with E-state index in [9.17, 15) is 0 Å². The average Bonchev–Trinajstić information content (AvgIpc) is 2.30. The van der Waals surface area contributed by atoms with Crippen LogP contribution in [0.2, 0.25) is 0 Å². The minimum atomic E-state index is -0.275. The molecule has 16 heavy (non-hydrogen) atoms. The third kappa shape index (κ3) is 2.61. The Kier molecular flexibility index (Phi) is 3.22. The summed E-state index contributed by atoms with van der Waals surface area (Å²) in [6.07, 6.45) is -0.275. The van der Waals surface area contributed by atoms with E-state index in [4.69, 9.17) is 10.5 Å². The van der Waals surface area contributed by atoms with Crippen LogP contribution in [0.4, 0.5) is 0 Å². The Balaban J connectivity index is 2.20. The van der Waals surface area contributed by atoms with Crippen molar-refractivity contribution in [3.05, 3.63) is 54.6 Å². The lowest BCUT2D eigenvalue weighted by atomic mass is 10.1. The van der Waals surface area contributed by atoms with Crippen LogP contribution in [-0.4, -0.2) is 6.23 Å². The monoisotopic (exact) mass is 213 g/mol. The zero-order chi connectivity index (χ0) is 11.4. The van der Waals surface area contributed by atoms with Gasteiger partial charge in [-0.05, 0) is 30.2 Å². The highest BCUT2D eigenvalue weighted by molar-refractivity contribution is 5.63. The topological polar surface area (TPSA) is 35.2 Å². The summed E-state index contributed by atoms with van der Waals surface area (Å²) in [4.78, 5) is 0. The molecule has 0 saturated heterocycles. The molecule has 0 fully saturated rings. The average molecular weight is 213 g/mol. The quantitative estimate of drug-likeness (QED) is 0.795. The van der Waals surface area contributed by atoms with Gasteiger partial charge in [0.2, 0.25) is 0 Å². The van der Waals surface area contributed by atoms with Gasteiger partial charge in [0.25, 0.3) is 0 Å². The number of benzene rings is 2. The Hall–Kier alpha value is -1.80. The fourth-order valence-electron chi connectivity index (χ4n) is 1.57. The van der Waals surface area contributed by atoms with E-state index in [-0.39, 0.29) is 6.23 Å². The van der Waals surface area contributed by atoms with Gasteiger partial charge >= 0.3 is 0 Å². The number of nitrogens with two attached hydrogens (primary N) is 1. The summed E-state index contributed by atoms with van der Waals surface area (Å²) < 4.78 is 5.38. The van der Waals surface area contributed by atoms with Crippen molar-refractivity contribution in [1.82, 2.24) is 0 Å². The van der Waals surface area contributed by atoms with Crippen LogP contribution in [0.25, 0.3) is 11.1 Å². The summed E-state index contributed by atoms with van der Waals surface area (Å²) in [6, 6.07) is 18.2. The van der Waals surface area contributed by atoms with E-state index in [0.717, 1.165) is 5.75 Å². The van der Waals surface area contributed by atoms with Crippen molar-refractivity contribution >= 4 is 0 Å². The molecule has 0 aliphatic heterocycles. The standard InChI is InChI=1S/C14H15NO/c1-11(15)16-14-9-7-13(8-10-14)12-5-3-2-4-6-12/h2-11H,15H2,1H3. The molecular weight excluding hydrogens is 198 g/mol. The lowest BCUT2D eigenvalue weighted by Gasteiger charge is -2.09. The van der Waals surface area contributed by atoms with Crippen molar-refractivity contribution in [2.24, 2.45) is 5.73 Å². The summed E-state index contributed by atoms with van der Waals surface area (Å²) in [5.41, 5.74) is 7.93. The van der Waals surface area contributed by atoms with Gasteiger partial charge in [-0.15, -0.1) is 0 Å². The fraction of sp³-hybridized carbons (Fsp3) is 0.143. The van der Waals surface area contributed by atoms with E-state index in [1.54, 1.807) is 0 Å². The van der Waals surface area contributed by atoms with E-state index in [0.29, 0.717) is 0 Å². The normalized spacial score (nSPS) is 12.1. The fourth-order valence-corrected chi connectivity index (χ4v) is 1.57. The molecule has 82 valence electrons. The molecule has 1 atom stereocenters. The van der Waals surface area contributed by atoms with Crippen molar-refractivity contribution in [2.75, 3.05) is 0 Å². The lowest BCUT2D eigenvalue weighted by Crippen LogP contribution is -2.22. The molecule has 0 bridgehead atoms. The molecule has 2 aromatic rings. The molecular formula is C14H15NO. The van der Waals surface area contributed by atoms with Gasteiger partial charge in [-0.3, -0.25) is 5.73 Å². The summed E-state index contributed by atoms with van der Waals surface area (Å²) in [5.74, 6) is 0.801. The number of ether oxygens (including phenoxy) is 1. The maximum atomic E-state index is 5.55. The molecule has 0 aromatic heterocycles. The third-order valence-electron chi connectivity index (χ3n) is 2.28. The Bertz CT molecular complexity index is 434. The summed E-state index contributed by atoms with van der Waals surface area (Å²) in [6.45, 7) is 1.81. The van der Waals surface area contributed by atoms with Crippen LogP contribution < -0.4 is 10.5 Å². The van der Waals surface area contributed by atoms with E-state index >= 15 is 0 Å². The summed E-state index contributed by atoms with van der Waals surface area (Å²) in [5, 5.41) is 0. The SMILES string of the molecule is CC(N)Oc1ccc(-c2ccccc2)cc1. The van der Waals surface area contributed by atoms with E-state index in [2.05, 4.69) is 12.1 Å². The number of hydrogen-bond donors (Lipinski definition) is 1. The van der Waals surface area contributed by atoms with Gasteiger partial charge in [0, 0.05) is 0 Å². The van der Waals surface area contributed by atoms with Gasteiger partial charge in [0.15, 0.2) is 0 Å². The maximum Gasteiger partial charge on any atom is 0.144 e. The predicted octanol–water partition coefficient (Wildman–Crippen LogP) is 3.04. The molecule has 0 saturated carbocycles. The van der Waals surface area contributed by atoms with Gasteiger partial charge in [0.05, 0.1) is 0 Å². The van der Waals surface area contributed by atoms with Crippen molar-refractivity contribution in [3.8, 4) is 16.9 Å². The molecule has 0 aliphatic rings. The van der Waals surface area contributed by atoms with Gasteiger partial charge < -0.3 is 4.74 Å². The summed E-state index contributed by atoms with van der Waals surface area (Å²) >= 11 is 0. The molecule has 0 amide bonds. The first-order valence-electron chi connectivity index (χ1n) is 5.33. The second-order valence-corrected chi connectivity index (χ2v) is 3.71. The minimum absolute atomic E-state index is 0.275. The molecule has 1 unspecified atom stereocenters. The largest absolute Gasteiger partial charge is 0.476 e. The van der Waals surface area contributed by atoms with Crippen LogP contribution in [0.1, 0.15) is 6.92 Å². The maximum absolute atomic E-state index is 5.55. The third-order valence-corrected chi connectivity index (χ3v) is 2.28. The van der Waals surface area contributed by atoms with E-state index in [1.807, 2.05) is 49.4 Å². The Morgan fingerprint density at radius 2 is 1.44 bits per heavy atom. The van der Waals surface area contributed by atoms with E-state index < -0.39 is 0 Å². The highest BCUT2D eigenvalue weighted by Crippen LogP contribution is 2.22. The zero-order valence-corrected chi connectivity index (χ0v) is 9.26. The van der Waals surface area contributed by atoms with Crippen molar-refractivity contribution < 1.29 is 4.74 Å². The van der Waals surface area contributed by atoms with Gasteiger partial charge in [-0.2, -0.15) is 0 Å². The molecule has 2 N–H and O–H groups in total. The van der Waals surface area contributed by atoms with E-state index in [1.165, 1.54) is 11.1 Å².